The molecule has 1 heterocycles. The Kier molecular flexibility index (Phi) is 3.13. The Morgan fingerprint density at radius 2 is 1.53 bits per heavy atom. The van der Waals surface area contributed by atoms with Crippen LogP contribution in [0.4, 0.5) is 0 Å². The summed E-state index contributed by atoms with van der Waals surface area (Å²) in [5, 5.41) is 3.48. The quantitative estimate of drug-likeness (QED) is 0.809. The molecule has 1 aliphatic heterocycles. The molecular weight excluding hydrogens is 234 g/mol. The maximum absolute atomic E-state index is 6.26. The molecule has 5 rings (SSSR count). The highest BCUT2D eigenvalue weighted by Gasteiger charge is 2.54. The third kappa shape index (κ3) is 2.05. The summed E-state index contributed by atoms with van der Waals surface area (Å²) in [5.41, 5.74) is 6.86. The van der Waals surface area contributed by atoms with Gasteiger partial charge < -0.3 is 11.1 Å². The average Bonchev–Trinajstić information content (AvgIpc) is 2.38. The van der Waals surface area contributed by atoms with Crippen LogP contribution in [0.2, 0.25) is 0 Å². The molecule has 3 heteroatoms. The van der Waals surface area contributed by atoms with Crippen molar-refractivity contribution < 1.29 is 0 Å². The number of piperazine rings is 1. The second-order valence-electron chi connectivity index (χ2n) is 7.82. The van der Waals surface area contributed by atoms with Crippen molar-refractivity contribution >= 4 is 0 Å². The SMILES string of the molecule is NCC(N1CCNCC1)C12CC3CC(CC(C3)C1)C2. The van der Waals surface area contributed by atoms with Gasteiger partial charge in [0.15, 0.2) is 0 Å². The zero-order chi connectivity index (χ0) is 12.9. The molecule has 1 saturated heterocycles. The summed E-state index contributed by atoms with van der Waals surface area (Å²) in [6.45, 7) is 5.62. The lowest BCUT2D eigenvalue weighted by Gasteiger charge is -2.61. The molecule has 1 atom stereocenters. The number of rotatable bonds is 3. The second-order valence-corrected chi connectivity index (χ2v) is 7.82. The number of nitrogens with one attached hydrogen (secondary N) is 1. The smallest absolute Gasteiger partial charge is 0.0276 e. The fourth-order valence-electron chi connectivity index (χ4n) is 6.37. The molecule has 5 aliphatic rings. The minimum absolute atomic E-state index is 0.598. The molecule has 19 heavy (non-hydrogen) atoms. The van der Waals surface area contributed by atoms with E-state index in [-0.39, 0.29) is 0 Å². The van der Waals surface area contributed by atoms with Gasteiger partial charge in [0.05, 0.1) is 0 Å². The highest BCUT2D eigenvalue weighted by molar-refractivity contribution is 5.07. The zero-order valence-electron chi connectivity index (χ0n) is 12.1. The topological polar surface area (TPSA) is 41.3 Å². The van der Waals surface area contributed by atoms with Crippen molar-refractivity contribution in [3.8, 4) is 0 Å². The molecule has 0 amide bonds. The van der Waals surface area contributed by atoms with Gasteiger partial charge in [-0.25, -0.2) is 0 Å². The predicted octanol–water partition coefficient (Wildman–Crippen LogP) is 1.44. The van der Waals surface area contributed by atoms with Gasteiger partial charge in [0.1, 0.15) is 0 Å². The Balaban J connectivity index is 1.58. The van der Waals surface area contributed by atoms with Crippen molar-refractivity contribution in [2.24, 2.45) is 28.9 Å². The Morgan fingerprint density at radius 1 is 1.00 bits per heavy atom. The summed E-state index contributed by atoms with van der Waals surface area (Å²) in [6.07, 6.45) is 9.09. The van der Waals surface area contributed by atoms with Crippen molar-refractivity contribution in [3.05, 3.63) is 0 Å². The van der Waals surface area contributed by atoms with Crippen LogP contribution in [-0.4, -0.2) is 43.7 Å². The van der Waals surface area contributed by atoms with Crippen LogP contribution in [0.1, 0.15) is 38.5 Å². The normalized spacial score (nSPS) is 47.5. The summed E-state index contributed by atoms with van der Waals surface area (Å²) >= 11 is 0. The Bertz CT molecular complexity index is 300. The van der Waals surface area contributed by atoms with Gasteiger partial charge in [0.25, 0.3) is 0 Å². The summed E-state index contributed by atoms with van der Waals surface area (Å²) < 4.78 is 0. The lowest BCUT2D eigenvalue weighted by molar-refractivity contribution is -0.100. The van der Waals surface area contributed by atoms with Crippen LogP contribution in [0.3, 0.4) is 0 Å². The van der Waals surface area contributed by atoms with E-state index >= 15 is 0 Å². The lowest BCUT2D eigenvalue weighted by atomic mass is 9.47. The van der Waals surface area contributed by atoms with Crippen LogP contribution >= 0.6 is 0 Å². The van der Waals surface area contributed by atoms with E-state index in [0.29, 0.717) is 11.5 Å². The van der Waals surface area contributed by atoms with Crippen molar-refractivity contribution in [2.75, 3.05) is 32.7 Å². The molecule has 5 fully saturated rings. The van der Waals surface area contributed by atoms with E-state index in [0.717, 1.165) is 37.4 Å². The minimum Gasteiger partial charge on any atom is -0.329 e. The molecular formula is C16H29N3. The molecule has 4 saturated carbocycles. The van der Waals surface area contributed by atoms with E-state index in [1.54, 1.807) is 0 Å². The highest BCUT2D eigenvalue weighted by Crippen LogP contribution is 2.61. The van der Waals surface area contributed by atoms with Crippen LogP contribution < -0.4 is 11.1 Å². The van der Waals surface area contributed by atoms with Gasteiger partial charge in [0, 0.05) is 38.8 Å². The first-order chi connectivity index (χ1) is 9.29. The Labute approximate surface area is 117 Å². The van der Waals surface area contributed by atoms with Crippen molar-refractivity contribution in [1.29, 1.82) is 0 Å². The lowest BCUT2D eigenvalue weighted by Crippen LogP contribution is -2.62. The Hall–Kier alpha value is -0.120. The summed E-state index contributed by atoms with van der Waals surface area (Å²) in [4.78, 5) is 2.73. The number of nitrogens with zero attached hydrogens (tertiary/aromatic N) is 1. The summed E-state index contributed by atoms with van der Waals surface area (Å²) in [7, 11) is 0. The van der Waals surface area contributed by atoms with Gasteiger partial charge in [-0.05, 0) is 61.7 Å². The third-order valence-electron chi connectivity index (χ3n) is 6.61. The van der Waals surface area contributed by atoms with E-state index in [1.165, 1.54) is 51.6 Å². The molecule has 4 bridgehead atoms. The molecule has 0 radical (unpaired) electrons. The molecule has 3 nitrogen and oxygen atoms in total. The fraction of sp³-hybridized carbons (Fsp3) is 1.00. The third-order valence-corrected chi connectivity index (χ3v) is 6.61. The standard InChI is InChI=1S/C16H29N3/c17-11-15(19-3-1-18-2-4-19)16-8-12-5-13(9-16)7-14(6-12)10-16/h12-15,18H,1-11,17H2. The average molecular weight is 263 g/mol. The molecule has 0 aromatic rings. The minimum atomic E-state index is 0.598. The van der Waals surface area contributed by atoms with Crippen LogP contribution in [0.15, 0.2) is 0 Å². The highest BCUT2D eigenvalue weighted by atomic mass is 15.2. The summed E-state index contributed by atoms with van der Waals surface area (Å²) in [6, 6.07) is 0.669. The van der Waals surface area contributed by atoms with E-state index in [4.69, 9.17) is 5.73 Å². The van der Waals surface area contributed by atoms with Crippen LogP contribution in [0.5, 0.6) is 0 Å². The monoisotopic (exact) mass is 263 g/mol. The van der Waals surface area contributed by atoms with E-state index in [9.17, 15) is 0 Å². The molecule has 1 unspecified atom stereocenters. The van der Waals surface area contributed by atoms with Crippen molar-refractivity contribution in [1.82, 2.24) is 10.2 Å². The molecule has 108 valence electrons. The first-order valence-electron chi connectivity index (χ1n) is 8.44. The van der Waals surface area contributed by atoms with E-state index < -0.39 is 0 Å². The van der Waals surface area contributed by atoms with E-state index in [1.807, 2.05) is 0 Å². The van der Waals surface area contributed by atoms with Gasteiger partial charge in [-0.15, -0.1) is 0 Å². The van der Waals surface area contributed by atoms with Crippen LogP contribution in [0.25, 0.3) is 0 Å². The molecule has 0 spiro atoms. The van der Waals surface area contributed by atoms with E-state index in [2.05, 4.69) is 10.2 Å². The summed E-state index contributed by atoms with van der Waals surface area (Å²) in [5.74, 6) is 3.13. The van der Waals surface area contributed by atoms with Gasteiger partial charge in [0.2, 0.25) is 0 Å². The number of hydrogen-bond donors (Lipinski definition) is 2. The maximum atomic E-state index is 6.26. The fourth-order valence-corrected chi connectivity index (χ4v) is 6.37. The molecule has 3 N–H and O–H groups in total. The zero-order valence-corrected chi connectivity index (χ0v) is 12.1. The van der Waals surface area contributed by atoms with Crippen LogP contribution in [-0.2, 0) is 0 Å². The van der Waals surface area contributed by atoms with Crippen LogP contribution in [0, 0.1) is 23.2 Å². The number of nitrogens with two attached hydrogens (primary N) is 1. The van der Waals surface area contributed by atoms with Gasteiger partial charge >= 0.3 is 0 Å². The molecule has 0 aromatic heterocycles. The molecule has 0 aromatic carbocycles. The number of hydrogen-bond acceptors (Lipinski definition) is 3. The maximum Gasteiger partial charge on any atom is 0.0276 e. The Morgan fingerprint density at radius 3 is 2.00 bits per heavy atom. The van der Waals surface area contributed by atoms with Gasteiger partial charge in [-0.2, -0.15) is 0 Å². The first kappa shape index (κ1) is 12.6. The van der Waals surface area contributed by atoms with Crippen molar-refractivity contribution in [3.63, 3.8) is 0 Å². The van der Waals surface area contributed by atoms with Gasteiger partial charge in [-0.1, -0.05) is 0 Å². The van der Waals surface area contributed by atoms with Crippen molar-refractivity contribution in [2.45, 2.75) is 44.6 Å². The predicted molar refractivity (Wildman–Crippen MR) is 77.9 cm³/mol. The second kappa shape index (κ2) is 4.71. The largest absolute Gasteiger partial charge is 0.329 e. The van der Waals surface area contributed by atoms with Gasteiger partial charge in [-0.3, -0.25) is 4.90 Å². The first-order valence-corrected chi connectivity index (χ1v) is 8.44. The molecule has 4 aliphatic carbocycles.